The van der Waals surface area contributed by atoms with Gasteiger partial charge in [0.15, 0.2) is 0 Å². The molecule has 0 N–H and O–H groups in total. The molecule has 32 heavy (non-hydrogen) atoms. The van der Waals surface area contributed by atoms with Crippen LogP contribution >= 0.6 is 0 Å². The molecule has 1 amide bonds. The first-order chi connectivity index (χ1) is 15.3. The number of piperidine rings is 1. The van der Waals surface area contributed by atoms with E-state index in [1.54, 1.807) is 39.3 Å². The second kappa shape index (κ2) is 9.26. The lowest BCUT2D eigenvalue weighted by atomic mass is 10.0. The Bertz CT molecular complexity index is 1170. The Kier molecular flexibility index (Phi) is 6.43. The lowest BCUT2D eigenvalue weighted by molar-refractivity contribution is 0.0785. The zero-order valence-electron chi connectivity index (χ0n) is 18.4. The van der Waals surface area contributed by atoms with Crippen LogP contribution in [0.15, 0.2) is 71.9 Å². The number of amides is 1. The summed E-state index contributed by atoms with van der Waals surface area (Å²) in [6.45, 7) is 3.64. The number of aromatic nitrogens is 2. The highest BCUT2D eigenvalue weighted by Gasteiger charge is 2.28. The topological polar surface area (TPSA) is 75.5 Å². The third-order valence-corrected chi connectivity index (χ3v) is 7.82. The minimum atomic E-state index is -3.52. The zero-order chi connectivity index (χ0) is 22.7. The van der Waals surface area contributed by atoms with Gasteiger partial charge in [-0.25, -0.2) is 13.1 Å². The quantitative estimate of drug-likeness (QED) is 0.573. The fourth-order valence-electron chi connectivity index (χ4n) is 3.87. The number of carbonyl (C=O) groups is 1. The molecular formula is C24H28N4O3S. The molecule has 2 heterocycles. The normalized spacial score (nSPS) is 15.6. The van der Waals surface area contributed by atoms with Crippen molar-refractivity contribution >= 4 is 15.9 Å². The van der Waals surface area contributed by atoms with Crippen LogP contribution in [-0.4, -0.2) is 53.4 Å². The Morgan fingerprint density at radius 2 is 1.72 bits per heavy atom. The summed E-state index contributed by atoms with van der Waals surface area (Å²) >= 11 is 0. The van der Waals surface area contributed by atoms with Crippen LogP contribution in [0, 0.1) is 5.92 Å². The molecule has 0 unspecified atom stereocenters. The van der Waals surface area contributed by atoms with E-state index in [4.69, 9.17) is 0 Å². The van der Waals surface area contributed by atoms with Gasteiger partial charge < -0.3 is 4.90 Å². The van der Waals surface area contributed by atoms with Gasteiger partial charge in [-0.3, -0.25) is 4.79 Å². The van der Waals surface area contributed by atoms with Gasteiger partial charge in [0.05, 0.1) is 16.8 Å². The predicted octanol–water partition coefficient (Wildman–Crippen LogP) is 3.57. The summed E-state index contributed by atoms with van der Waals surface area (Å²) < 4.78 is 29.1. The Balaban J connectivity index is 1.42. The summed E-state index contributed by atoms with van der Waals surface area (Å²) in [4.78, 5) is 14.7. The van der Waals surface area contributed by atoms with Crippen LogP contribution in [0.4, 0.5) is 0 Å². The molecule has 0 atom stereocenters. The number of sulfonamides is 1. The van der Waals surface area contributed by atoms with Gasteiger partial charge in [-0.05, 0) is 55.2 Å². The maximum atomic E-state index is 12.9. The van der Waals surface area contributed by atoms with E-state index in [0.717, 1.165) is 24.1 Å². The summed E-state index contributed by atoms with van der Waals surface area (Å²) in [5.41, 5.74) is 2.31. The van der Waals surface area contributed by atoms with E-state index in [9.17, 15) is 13.2 Å². The maximum Gasteiger partial charge on any atom is 0.253 e. The van der Waals surface area contributed by atoms with Crippen molar-refractivity contribution in [1.29, 1.82) is 0 Å². The standard InChI is InChI=1S/C24H28N4O3S/c1-19-12-14-27(15-13-19)32(30,31)23-10-8-21(9-11-23)24(29)26(2)17-20-16-25-28(18-20)22-6-4-3-5-7-22/h3-11,16,18-19H,12-15,17H2,1-2H3. The highest BCUT2D eigenvalue weighted by molar-refractivity contribution is 7.89. The smallest absolute Gasteiger partial charge is 0.253 e. The number of carbonyl (C=O) groups excluding carboxylic acids is 1. The van der Waals surface area contributed by atoms with Crippen LogP contribution in [0.3, 0.4) is 0 Å². The second-order valence-corrected chi connectivity index (χ2v) is 10.3. The van der Waals surface area contributed by atoms with Gasteiger partial charge in [0.25, 0.3) is 5.91 Å². The van der Waals surface area contributed by atoms with Gasteiger partial charge >= 0.3 is 0 Å². The number of nitrogens with zero attached hydrogens (tertiary/aromatic N) is 4. The fourth-order valence-corrected chi connectivity index (χ4v) is 5.34. The first-order valence-electron chi connectivity index (χ1n) is 10.8. The minimum Gasteiger partial charge on any atom is -0.337 e. The van der Waals surface area contributed by atoms with Crippen molar-refractivity contribution in [3.8, 4) is 5.69 Å². The van der Waals surface area contributed by atoms with Crippen LogP contribution in [-0.2, 0) is 16.6 Å². The lowest BCUT2D eigenvalue weighted by Gasteiger charge is -2.29. The highest BCUT2D eigenvalue weighted by atomic mass is 32.2. The fraction of sp³-hybridized carbons (Fsp3) is 0.333. The van der Waals surface area contributed by atoms with Gasteiger partial charge in [-0.15, -0.1) is 0 Å². The van der Waals surface area contributed by atoms with Crippen LogP contribution in [0.1, 0.15) is 35.7 Å². The van der Waals surface area contributed by atoms with E-state index in [1.807, 2.05) is 36.5 Å². The van der Waals surface area contributed by atoms with Gasteiger partial charge in [0, 0.05) is 44.0 Å². The largest absolute Gasteiger partial charge is 0.337 e. The predicted molar refractivity (Wildman–Crippen MR) is 123 cm³/mol. The summed E-state index contributed by atoms with van der Waals surface area (Å²) in [5.74, 6) is 0.380. The van der Waals surface area contributed by atoms with Crippen molar-refractivity contribution in [3.05, 3.63) is 78.1 Å². The van der Waals surface area contributed by atoms with E-state index in [0.29, 0.717) is 31.1 Å². The van der Waals surface area contributed by atoms with Crippen LogP contribution in [0.5, 0.6) is 0 Å². The first kappa shape index (κ1) is 22.2. The van der Waals surface area contributed by atoms with Crippen LogP contribution < -0.4 is 0 Å². The van der Waals surface area contributed by atoms with E-state index in [2.05, 4.69) is 12.0 Å². The van der Waals surface area contributed by atoms with Crippen LogP contribution in [0.2, 0.25) is 0 Å². The third-order valence-electron chi connectivity index (χ3n) is 5.90. The van der Waals surface area contributed by atoms with E-state index >= 15 is 0 Å². The molecule has 2 aromatic carbocycles. The van der Waals surface area contributed by atoms with Crippen molar-refractivity contribution in [2.24, 2.45) is 5.92 Å². The Morgan fingerprint density at radius 3 is 2.38 bits per heavy atom. The minimum absolute atomic E-state index is 0.173. The third kappa shape index (κ3) is 4.76. The van der Waals surface area contributed by atoms with Gasteiger partial charge in [0.2, 0.25) is 10.0 Å². The summed E-state index contributed by atoms with van der Waals surface area (Å²) in [7, 11) is -1.80. The van der Waals surface area contributed by atoms with Crippen molar-refractivity contribution in [2.45, 2.75) is 31.2 Å². The van der Waals surface area contributed by atoms with Crippen molar-refractivity contribution < 1.29 is 13.2 Å². The lowest BCUT2D eigenvalue weighted by Crippen LogP contribution is -2.37. The molecule has 0 aliphatic carbocycles. The van der Waals surface area contributed by atoms with Crippen molar-refractivity contribution in [3.63, 3.8) is 0 Å². The molecule has 0 bridgehead atoms. The summed E-state index contributed by atoms with van der Waals surface area (Å²) in [6.07, 6.45) is 5.39. The molecule has 1 aliphatic heterocycles. The Morgan fingerprint density at radius 1 is 1.06 bits per heavy atom. The monoisotopic (exact) mass is 452 g/mol. The van der Waals surface area contributed by atoms with Crippen LogP contribution in [0.25, 0.3) is 5.69 Å². The molecule has 1 aliphatic rings. The molecule has 4 rings (SSSR count). The molecule has 1 aromatic heterocycles. The average Bonchev–Trinajstić information content (AvgIpc) is 3.28. The van der Waals surface area contributed by atoms with Crippen molar-refractivity contribution in [2.75, 3.05) is 20.1 Å². The van der Waals surface area contributed by atoms with Gasteiger partial charge in [-0.1, -0.05) is 25.1 Å². The molecule has 0 radical (unpaired) electrons. The number of hydrogen-bond donors (Lipinski definition) is 0. The number of para-hydroxylation sites is 1. The van der Waals surface area contributed by atoms with E-state index in [1.165, 1.54) is 12.1 Å². The Hall–Kier alpha value is -2.97. The highest BCUT2D eigenvalue weighted by Crippen LogP contribution is 2.24. The van der Waals surface area contributed by atoms with Gasteiger partial charge in [0.1, 0.15) is 0 Å². The zero-order valence-corrected chi connectivity index (χ0v) is 19.2. The molecule has 8 heteroatoms. The van der Waals surface area contributed by atoms with E-state index in [-0.39, 0.29) is 10.8 Å². The first-order valence-corrected chi connectivity index (χ1v) is 12.2. The molecule has 0 spiro atoms. The molecule has 0 saturated carbocycles. The van der Waals surface area contributed by atoms with Crippen molar-refractivity contribution in [1.82, 2.24) is 19.0 Å². The molecule has 168 valence electrons. The number of rotatable bonds is 6. The molecule has 1 saturated heterocycles. The SMILES string of the molecule is CC1CCN(S(=O)(=O)c2ccc(C(=O)N(C)Cc3cnn(-c4ccccc4)c3)cc2)CC1. The Labute approximate surface area is 189 Å². The average molecular weight is 453 g/mol. The molecule has 7 nitrogen and oxygen atoms in total. The number of benzene rings is 2. The second-order valence-electron chi connectivity index (χ2n) is 8.40. The summed E-state index contributed by atoms with van der Waals surface area (Å²) in [6, 6.07) is 16.0. The maximum absolute atomic E-state index is 12.9. The molecule has 3 aromatic rings. The number of hydrogen-bond acceptors (Lipinski definition) is 4. The molecule has 1 fully saturated rings. The summed E-state index contributed by atoms with van der Waals surface area (Å²) in [5, 5.41) is 4.37. The van der Waals surface area contributed by atoms with E-state index < -0.39 is 10.0 Å². The van der Waals surface area contributed by atoms with Gasteiger partial charge in [-0.2, -0.15) is 9.40 Å². The molecular weight excluding hydrogens is 424 g/mol.